The van der Waals surface area contributed by atoms with Gasteiger partial charge in [-0.25, -0.2) is 0 Å². The van der Waals surface area contributed by atoms with Crippen molar-refractivity contribution in [1.29, 1.82) is 0 Å². The van der Waals surface area contributed by atoms with Crippen molar-refractivity contribution in [2.45, 2.75) is 39.0 Å². The minimum Gasteiger partial charge on any atom is -0.278 e. The Bertz CT molecular complexity index is 635. The molecule has 2 amide bonds. The van der Waals surface area contributed by atoms with Crippen molar-refractivity contribution in [3.05, 3.63) is 34.5 Å². The lowest BCUT2D eigenvalue weighted by atomic mass is 10.1. The van der Waals surface area contributed by atoms with Crippen molar-refractivity contribution >= 4 is 33.9 Å². The number of carbonyl (C=O) groups excluding carboxylic acids is 2. The number of thiophene rings is 1. The molecule has 0 fully saturated rings. The van der Waals surface area contributed by atoms with Gasteiger partial charge in [0.1, 0.15) is 0 Å². The Balaban J connectivity index is 2.05. The topological polar surface area (TPSA) is 57.6 Å². The van der Waals surface area contributed by atoms with E-state index in [4.69, 9.17) is 0 Å². The fraction of sp³-hybridized carbons (Fsp3) is 0.375. The van der Waals surface area contributed by atoms with Gasteiger partial charge in [0, 0.05) is 11.8 Å². The summed E-state index contributed by atoms with van der Waals surface area (Å²) in [5.74, 6) is -1.19. The highest BCUT2D eigenvalue weighted by Crippen LogP contribution is 2.24. The molecule has 0 aliphatic rings. The van der Waals surface area contributed by atoms with Gasteiger partial charge in [-0.15, -0.1) is 0 Å². The maximum absolute atomic E-state index is 12.2. The summed E-state index contributed by atoms with van der Waals surface area (Å²) in [5.41, 5.74) is 0.359. The maximum Gasteiger partial charge on any atom is 0.285 e. The largest absolute Gasteiger partial charge is 0.285 e. The smallest absolute Gasteiger partial charge is 0.278 e. The normalized spacial score (nSPS) is 10.8. The first-order valence-electron chi connectivity index (χ1n) is 7.16. The van der Waals surface area contributed by atoms with E-state index in [1.807, 2.05) is 16.8 Å². The molecule has 0 spiro atoms. The number of hydrogen-bond acceptors (Lipinski definition) is 4. The quantitative estimate of drug-likeness (QED) is 0.493. The molecular formula is C16H19NO3S. The highest BCUT2D eigenvalue weighted by Gasteiger charge is 2.22. The molecule has 112 valence electrons. The molecule has 1 aromatic heterocycles. The third-order valence-electron chi connectivity index (χ3n) is 3.42. The zero-order valence-corrected chi connectivity index (χ0v) is 12.9. The standard InChI is InChI=1S/C16H19NO3S/c1-2-3-4-5-9-15(18)17(20)16(19)13-8-6-7-12-10-21-11-14(12)13/h6-8,10-11,20H,2-5,9H2,1H3. The third kappa shape index (κ3) is 3.68. The first-order valence-corrected chi connectivity index (χ1v) is 8.10. The highest BCUT2D eigenvalue weighted by molar-refractivity contribution is 7.09. The van der Waals surface area contributed by atoms with Gasteiger partial charge in [-0.3, -0.25) is 14.8 Å². The molecule has 0 radical (unpaired) electrons. The minimum atomic E-state index is -0.653. The lowest BCUT2D eigenvalue weighted by molar-refractivity contribution is -0.153. The van der Waals surface area contributed by atoms with Gasteiger partial charge in [-0.2, -0.15) is 16.4 Å². The molecule has 1 heterocycles. The van der Waals surface area contributed by atoms with E-state index in [0.717, 1.165) is 30.0 Å². The van der Waals surface area contributed by atoms with Crippen LogP contribution in [0.5, 0.6) is 0 Å². The summed E-state index contributed by atoms with van der Waals surface area (Å²) in [4.78, 5) is 24.1. The van der Waals surface area contributed by atoms with Crippen LogP contribution in [-0.2, 0) is 4.79 Å². The van der Waals surface area contributed by atoms with Crippen LogP contribution < -0.4 is 0 Å². The van der Waals surface area contributed by atoms with Gasteiger partial charge in [0.05, 0.1) is 5.56 Å². The molecule has 1 aromatic carbocycles. The zero-order valence-electron chi connectivity index (χ0n) is 12.0. The Hall–Kier alpha value is -1.72. The molecule has 5 heteroatoms. The van der Waals surface area contributed by atoms with Crippen molar-refractivity contribution in [2.75, 3.05) is 0 Å². The highest BCUT2D eigenvalue weighted by atomic mass is 32.1. The molecule has 0 unspecified atom stereocenters. The lowest BCUT2D eigenvalue weighted by Gasteiger charge is -2.13. The number of benzene rings is 1. The SMILES string of the molecule is CCCCCCC(=O)N(O)C(=O)c1cccc2cscc12. The van der Waals surface area contributed by atoms with Crippen molar-refractivity contribution in [3.8, 4) is 0 Å². The Morgan fingerprint density at radius 1 is 1.19 bits per heavy atom. The van der Waals surface area contributed by atoms with Gasteiger partial charge in [-0.1, -0.05) is 38.3 Å². The predicted molar refractivity (Wildman–Crippen MR) is 83.5 cm³/mol. The molecule has 0 aliphatic heterocycles. The molecule has 0 aliphatic carbocycles. The summed E-state index contributed by atoms with van der Waals surface area (Å²) in [6, 6.07) is 5.28. The summed E-state index contributed by atoms with van der Waals surface area (Å²) >= 11 is 1.49. The lowest BCUT2D eigenvalue weighted by Crippen LogP contribution is -2.33. The van der Waals surface area contributed by atoms with Gasteiger partial charge in [0.15, 0.2) is 0 Å². The van der Waals surface area contributed by atoms with Gasteiger partial charge >= 0.3 is 0 Å². The van der Waals surface area contributed by atoms with Crippen molar-refractivity contribution in [2.24, 2.45) is 0 Å². The van der Waals surface area contributed by atoms with Crippen molar-refractivity contribution in [1.82, 2.24) is 5.06 Å². The Morgan fingerprint density at radius 3 is 2.76 bits per heavy atom. The summed E-state index contributed by atoms with van der Waals surface area (Å²) < 4.78 is 0. The number of rotatable bonds is 6. The molecule has 0 saturated heterocycles. The van der Waals surface area contributed by atoms with E-state index in [-0.39, 0.29) is 11.5 Å². The summed E-state index contributed by atoms with van der Waals surface area (Å²) in [7, 11) is 0. The average molecular weight is 305 g/mol. The fourth-order valence-electron chi connectivity index (χ4n) is 2.22. The number of amides is 2. The number of hydrogen-bond donors (Lipinski definition) is 1. The van der Waals surface area contributed by atoms with Gasteiger partial charge in [0.25, 0.3) is 11.8 Å². The maximum atomic E-state index is 12.2. The predicted octanol–water partition coefficient (Wildman–Crippen LogP) is 4.23. The van der Waals surface area contributed by atoms with E-state index in [9.17, 15) is 14.8 Å². The minimum absolute atomic E-state index is 0.196. The van der Waals surface area contributed by atoms with Gasteiger partial charge in [0.2, 0.25) is 0 Å². The van der Waals surface area contributed by atoms with Crippen LogP contribution in [0.3, 0.4) is 0 Å². The van der Waals surface area contributed by atoms with Gasteiger partial charge < -0.3 is 0 Å². The van der Waals surface area contributed by atoms with E-state index in [0.29, 0.717) is 12.0 Å². The first kappa shape index (κ1) is 15.7. The number of nitrogens with zero attached hydrogens (tertiary/aromatic N) is 1. The van der Waals surface area contributed by atoms with Crippen LogP contribution in [-0.4, -0.2) is 22.1 Å². The monoisotopic (exact) mass is 305 g/mol. The average Bonchev–Trinajstić information content (AvgIpc) is 2.98. The van der Waals surface area contributed by atoms with Gasteiger partial charge in [-0.05, 0) is 28.6 Å². The Kier molecular flexibility index (Phi) is 5.47. The number of fused-ring (bicyclic) bond motifs is 1. The third-order valence-corrected chi connectivity index (χ3v) is 4.19. The van der Waals surface area contributed by atoms with Crippen LogP contribution in [0.1, 0.15) is 49.4 Å². The molecule has 0 bridgehead atoms. The van der Waals surface area contributed by atoms with Crippen molar-refractivity contribution < 1.29 is 14.8 Å². The van der Waals surface area contributed by atoms with Crippen molar-refractivity contribution in [3.63, 3.8) is 0 Å². The van der Waals surface area contributed by atoms with Crippen LogP contribution in [0.2, 0.25) is 0 Å². The first-order chi connectivity index (χ1) is 10.1. The molecule has 4 nitrogen and oxygen atoms in total. The van der Waals surface area contributed by atoms with Crippen LogP contribution in [0.15, 0.2) is 29.0 Å². The second kappa shape index (κ2) is 7.33. The summed E-state index contributed by atoms with van der Waals surface area (Å²) in [6.45, 7) is 2.09. The Morgan fingerprint density at radius 2 is 2.00 bits per heavy atom. The molecule has 1 N–H and O–H groups in total. The number of imide groups is 1. The van der Waals surface area contributed by atoms with Crippen LogP contribution >= 0.6 is 11.3 Å². The fourth-order valence-corrected chi connectivity index (χ4v) is 3.03. The second-order valence-electron chi connectivity index (χ2n) is 5.00. The molecule has 0 atom stereocenters. The molecule has 21 heavy (non-hydrogen) atoms. The molecule has 0 saturated carbocycles. The van der Waals surface area contributed by atoms with Crippen LogP contribution in [0.4, 0.5) is 0 Å². The van der Waals surface area contributed by atoms with Crippen LogP contribution in [0, 0.1) is 0 Å². The number of carbonyl (C=O) groups is 2. The number of unbranched alkanes of at least 4 members (excludes halogenated alkanes) is 3. The molecule has 2 rings (SSSR count). The zero-order chi connectivity index (χ0) is 15.2. The number of hydroxylamine groups is 2. The second-order valence-corrected chi connectivity index (χ2v) is 5.75. The van der Waals surface area contributed by atoms with E-state index in [1.54, 1.807) is 12.1 Å². The van der Waals surface area contributed by atoms with Crippen LogP contribution in [0.25, 0.3) is 10.8 Å². The van der Waals surface area contributed by atoms with E-state index in [1.165, 1.54) is 11.3 Å². The molecule has 2 aromatic rings. The van der Waals surface area contributed by atoms with E-state index in [2.05, 4.69) is 6.92 Å². The molecular weight excluding hydrogens is 286 g/mol. The van der Waals surface area contributed by atoms with E-state index < -0.39 is 11.8 Å². The van der Waals surface area contributed by atoms with E-state index >= 15 is 0 Å². The summed E-state index contributed by atoms with van der Waals surface area (Å²) in [5, 5.41) is 15.6. The Labute approximate surface area is 128 Å². The summed E-state index contributed by atoms with van der Waals surface area (Å²) in [6.07, 6.45) is 3.96.